The van der Waals surface area contributed by atoms with Crippen molar-refractivity contribution in [1.29, 1.82) is 5.41 Å². The van der Waals surface area contributed by atoms with Gasteiger partial charge < -0.3 is 21.5 Å². The number of carbonyl (C=O) groups is 2. The molecule has 0 unspecified atom stereocenters. The van der Waals surface area contributed by atoms with Crippen LogP contribution in [0.3, 0.4) is 0 Å². The van der Waals surface area contributed by atoms with Crippen molar-refractivity contribution in [2.75, 3.05) is 38.0 Å². The molecule has 31 heavy (non-hydrogen) atoms. The number of amides is 1. The molecular weight excluding hydrogens is 398 g/mol. The lowest BCUT2D eigenvalue weighted by Gasteiger charge is -2.19. The van der Waals surface area contributed by atoms with Gasteiger partial charge in [-0.2, -0.15) is 5.71 Å². The van der Waals surface area contributed by atoms with E-state index in [-0.39, 0.29) is 48.4 Å². The summed E-state index contributed by atoms with van der Waals surface area (Å²) in [5.74, 6) is -0.368. The van der Waals surface area contributed by atoms with Gasteiger partial charge in [-0.15, -0.1) is 0 Å². The van der Waals surface area contributed by atoms with Crippen molar-refractivity contribution < 1.29 is 9.59 Å². The molecule has 3 N–H and O–H groups in total. The zero-order chi connectivity index (χ0) is 22.8. The maximum Gasteiger partial charge on any atom is 0.294 e. The summed E-state index contributed by atoms with van der Waals surface area (Å²) in [4.78, 5) is 43.7. The van der Waals surface area contributed by atoms with E-state index in [9.17, 15) is 19.8 Å². The highest BCUT2D eigenvalue weighted by Gasteiger charge is 2.22. The minimum atomic E-state index is -0.758. The van der Waals surface area contributed by atoms with Crippen molar-refractivity contribution >= 4 is 28.9 Å². The maximum atomic E-state index is 12.8. The van der Waals surface area contributed by atoms with Crippen molar-refractivity contribution in [2.45, 2.75) is 52.0 Å². The molecule has 1 aromatic heterocycles. The van der Waals surface area contributed by atoms with Gasteiger partial charge in [0.2, 0.25) is 5.91 Å². The fourth-order valence-corrected chi connectivity index (χ4v) is 3.51. The Hall–Kier alpha value is -2.88. The zero-order valence-corrected chi connectivity index (χ0v) is 18.3. The van der Waals surface area contributed by atoms with Crippen LogP contribution in [0.25, 0.3) is 5.41 Å². The zero-order valence-electron chi connectivity index (χ0n) is 18.3. The summed E-state index contributed by atoms with van der Waals surface area (Å²) in [6.07, 6.45) is 6.07. The van der Waals surface area contributed by atoms with Gasteiger partial charge >= 0.3 is 0 Å². The molecule has 10 nitrogen and oxygen atoms in total. The van der Waals surface area contributed by atoms with Crippen LogP contribution in [-0.4, -0.2) is 70.3 Å². The summed E-state index contributed by atoms with van der Waals surface area (Å²) in [7, 11) is 0. The number of hydrogen-bond donors (Lipinski definition) is 3. The first-order valence-electron chi connectivity index (χ1n) is 10.8. The first-order valence-corrected chi connectivity index (χ1v) is 10.8. The molecule has 2 heterocycles. The Morgan fingerprint density at radius 2 is 2.00 bits per heavy atom. The van der Waals surface area contributed by atoms with Gasteiger partial charge in [-0.05, 0) is 32.4 Å². The Morgan fingerprint density at radius 1 is 1.29 bits per heavy atom. The number of aromatic nitrogens is 2. The summed E-state index contributed by atoms with van der Waals surface area (Å²) in [6.45, 7) is 5.90. The molecule has 0 saturated carbocycles. The quantitative estimate of drug-likeness (QED) is 0.402. The smallest absolute Gasteiger partial charge is 0.294 e. The first-order chi connectivity index (χ1) is 14.9. The average Bonchev–Trinajstić information content (AvgIpc) is 3.27. The second kappa shape index (κ2) is 12.1. The Labute approximate surface area is 182 Å². The molecule has 1 fully saturated rings. The van der Waals surface area contributed by atoms with E-state index in [1.165, 1.54) is 17.0 Å². The van der Waals surface area contributed by atoms with Crippen molar-refractivity contribution in [1.82, 2.24) is 19.8 Å². The molecule has 1 aromatic rings. The van der Waals surface area contributed by atoms with Gasteiger partial charge in [0, 0.05) is 31.1 Å². The third kappa shape index (κ3) is 7.09. The van der Waals surface area contributed by atoms with E-state index in [4.69, 9.17) is 5.41 Å². The molecule has 0 spiro atoms. The molecule has 1 amide bonds. The van der Waals surface area contributed by atoms with E-state index in [1.807, 2.05) is 0 Å². The molecule has 1 aliphatic rings. The summed E-state index contributed by atoms with van der Waals surface area (Å²) >= 11 is 0. The highest BCUT2D eigenvalue weighted by atomic mass is 16.2. The third-order valence-corrected chi connectivity index (χ3v) is 5.30. The maximum absolute atomic E-state index is 12.8. The SMILES string of the molecule is CCC(=[N-])C(=N)CCNc1nccn([C@@H](CC)C(=O)NCC(=O)CN2CCCC2)c1=O. The van der Waals surface area contributed by atoms with Gasteiger partial charge in [0.1, 0.15) is 6.04 Å². The number of anilines is 1. The van der Waals surface area contributed by atoms with Crippen LogP contribution in [0.2, 0.25) is 0 Å². The van der Waals surface area contributed by atoms with E-state index < -0.39 is 11.6 Å². The molecule has 170 valence electrons. The number of hydrogen-bond acceptors (Lipinski definition) is 7. The molecule has 2 rings (SSSR count). The number of nitrogens with one attached hydrogen (secondary N) is 3. The summed E-state index contributed by atoms with van der Waals surface area (Å²) in [6, 6.07) is -0.758. The van der Waals surface area contributed by atoms with Gasteiger partial charge in [-0.3, -0.25) is 23.9 Å². The van der Waals surface area contributed by atoms with E-state index >= 15 is 0 Å². The van der Waals surface area contributed by atoms with Crippen LogP contribution in [0.1, 0.15) is 52.0 Å². The highest BCUT2D eigenvalue weighted by molar-refractivity contribution is 6.42. The first kappa shape index (κ1) is 24.4. The fraction of sp³-hybridized carbons (Fsp3) is 0.619. The predicted octanol–water partition coefficient (Wildman–Crippen LogP) is 1.22. The van der Waals surface area contributed by atoms with E-state index in [2.05, 4.69) is 20.5 Å². The van der Waals surface area contributed by atoms with Crippen molar-refractivity contribution in [2.24, 2.45) is 0 Å². The van der Waals surface area contributed by atoms with Crippen LogP contribution in [-0.2, 0) is 9.59 Å². The molecule has 0 aliphatic carbocycles. The van der Waals surface area contributed by atoms with E-state index in [0.29, 0.717) is 19.4 Å². The second-order valence-corrected chi connectivity index (χ2v) is 7.61. The Balaban J connectivity index is 1.95. The minimum Gasteiger partial charge on any atom is -0.806 e. The van der Waals surface area contributed by atoms with E-state index in [1.54, 1.807) is 13.8 Å². The largest absolute Gasteiger partial charge is 0.806 e. The normalized spacial score (nSPS) is 14.8. The number of Topliss-reactive ketones (excluding diaryl/α,β-unsaturated/α-hetero) is 1. The van der Waals surface area contributed by atoms with Gasteiger partial charge in [0.05, 0.1) is 13.1 Å². The molecule has 0 radical (unpaired) electrons. The monoisotopic (exact) mass is 430 g/mol. The standard InChI is InChI=1S/C21H32N7O3/c1-3-16(22)17(23)7-8-24-19-21(31)28(12-9-25-19)18(4-2)20(30)26-13-15(29)14-27-10-5-6-11-27/h9,12,18,23H,3-8,10-11,13-14H2,1-2H3,(H,24,25)(H,26,30)/q-1/t18-/m0/s1. The average molecular weight is 431 g/mol. The molecule has 10 heteroatoms. The lowest BCUT2D eigenvalue weighted by molar-refractivity contribution is -0.127. The summed E-state index contributed by atoms with van der Waals surface area (Å²) in [5.41, 5.74) is -0.332. The Kier molecular flexibility index (Phi) is 9.51. The Morgan fingerprint density at radius 3 is 2.65 bits per heavy atom. The van der Waals surface area contributed by atoms with Crippen LogP contribution in [0, 0.1) is 5.41 Å². The molecule has 1 aliphatic heterocycles. The van der Waals surface area contributed by atoms with Gasteiger partial charge in [0.15, 0.2) is 11.6 Å². The second-order valence-electron chi connectivity index (χ2n) is 7.61. The molecule has 0 aromatic carbocycles. The number of carbonyl (C=O) groups excluding carboxylic acids is 2. The van der Waals surface area contributed by atoms with Crippen LogP contribution < -0.4 is 16.2 Å². The van der Waals surface area contributed by atoms with Gasteiger partial charge in [-0.25, -0.2) is 4.98 Å². The van der Waals surface area contributed by atoms with Crippen LogP contribution in [0.5, 0.6) is 0 Å². The van der Waals surface area contributed by atoms with Crippen LogP contribution in [0.15, 0.2) is 17.2 Å². The topological polar surface area (TPSA) is 142 Å². The van der Waals surface area contributed by atoms with Crippen LogP contribution >= 0.6 is 0 Å². The lowest BCUT2D eigenvalue weighted by Crippen LogP contribution is -2.41. The van der Waals surface area contributed by atoms with Gasteiger partial charge in [-0.1, -0.05) is 20.3 Å². The molecule has 1 saturated heterocycles. The highest BCUT2D eigenvalue weighted by Crippen LogP contribution is 2.10. The molecule has 0 bridgehead atoms. The Bertz CT molecular complexity index is 859. The van der Waals surface area contributed by atoms with E-state index in [0.717, 1.165) is 25.9 Å². The fourth-order valence-electron chi connectivity index (χ4n) is 3.51. The van der Waals surface area contributed by atoms with Gasteiger partial charge in [0.25, 0.3) is 5.56 Å². The number of rotatable bonds is 13. The number of likely N-dealkylation sites (tertiary alicyclic amines) is 1. The lowest BCUT2D eigenvalue weighted by atomic mass is 10.1. The number of nitrogens with zero attached hydrogens (tertiary/aromatic N) is 4. The summed E-state index contributed by atoms with van der Waals surface area (Å²) < 4.78 is 1.30. The number of ketones is 1. The van der Waals surface area contributed by atoms with Crippen LogP contribution in [0.4, 0.5) is 5.82 Å². The minimum absolute atomic E-state index is 0.0160. The van der Waals surface area contributed by atoms with Crippen molar-refractivity contribution in [3.05, 3.63) is 28.2 Å². The predicted molar refractivity (Wildman–Crippen MR) is 121 cm³/mol. The molecular formula is C21H32N7O3-. The van der Waals surface area contributed by atoms with Crippen molar-refractivity contribution in [3.8, 4) is 0 Å². The summed E-state index contributed by atoms with van der Waals surface area (Å²) in [5, 5.41) is 22.8. The van der Waals surface area contributed by atoms with Crippen molar-refractivity contribution in [3.63, 3.8) is 0 Å². The third-order valence-electron chi connectivity index (χ3n) is 5.30. The molecule has 1 atom stereocenters.